The normalized spacial score (nSPS) is 19.2. The van der Waals surface area contributed by atoms with E-state index in [0.717, 1.165) is 6.42 Å². The van der Waals surface area contributed by atoms with Crippen LogP contribution in [0.5, 0.6) is 0 Å². The molecule has 0 aromatic heterocycles. The lowest BCUT2D eigenvalue weighted by atomic mass is 9.99. The van der Waals surface area contributed by atoms with Crippen molar-refractivity contribution in [3.05, 3.63) is 35.9 Å². The summed E-state index contributed by atoms with van der Waals surface area (Å²) in [6.45, 7) is 0.490. The molecule has 5 nitrogen and oxygen atoms in total. The maximum Gasteiger partial charge on any atom is 0.328 e. The molecule has 2 rings (SSSR count). The minimum Gasteiger partial charge on any atom is -0.467 e. The van der Waals surface area contributed by atoms with Crippen LogP contribution in [0.15, 0.2) is 30.3 Å². The zero-order valence-corrected chi connectivity index (χ0v) is 11.3. The molecule has 2 atom stereocenters. The van der Waals surface area contributed by atoms with E-state index >= 15 is 0 Å². The lowest BCUT2D eigenvalue weighted by Crippen LogP contribution is -2.43. The second-order valence-electron chi connectivity index (χ2n) is 4.69. The first kappa shape index (κ1) is 14.1. The number of esters is 1. The molecule has 1 unspecified atom stereocenters. The maximum absolute atomic E-state index is 12.5. The fourth-order valence-electron chi connectivity index (χ4n) is 2.50. The van der Waals surface area contributed by atoms with Gasteiger partial charge in [0, 0.05) is 6.54 Å². The van der Waals surface area contributed by atoms with Gasteiger partial charge in [0.2, 0.25) is 5.91 Å². The van der Waals surface area contributed by atoms with Crippen molar-refractivity contribution in [3.63, 3.8) is 0 Å². The molecule has 0 aliphatic carbocycles. The summed E-state index contributed by atoms with van der Waals surface area (Å²) < 4.78 is 4.72. The average Bonchev–Trinajstić information content (AvgIpc) is 2.97. The van der Waals surface area contributed by atoms with Crippen molar-refractivity contribution >= 4 is 11.9 Å². The molecule has 1 aromatic carbocycles. The Morgan fingerprint density at radius 3 is 2.70 bits per heavy atom. The summed E-state index contributed by atoms with van der Waals surface area (Å²) in [5.41, 5.74) is 0.649. The van der Waals surface area contributed by atoms with E-state index in [1.54, 1.807) is 24.3 Å². The van der Waals surface area contributed by atoms with Crippen LogP contribution in [-0.4, -0.2) is 36.5 Å². The van der Waals surface area contributed by atoms with Crippen molar-refractivity contribution < 1.29 is 14.3 Å². The van der Waals surface area contributed by atoms with E-state index in [1.165, 1.54) is 12.0 Å². The van der Waals surface area contributed by atoms with E-state index in [0.29, 0.717) is 18.5 Å². The summed E-state index contributed by atoms with van der Waals surface area (Å²) in [7, 11) is 1.31. The van der Waals surface area contributed by atoms with Crippen LogP contribution in [0.25, 0.3) is 0 Å². The first-order chi connectivity index (χ1) is 9.69. The Labute approximate surface area is 117 Å². The van der Waals surface area contributed by atoms with Gasteiger partial charge in [0.1, 0.15) is 12.0 Å². The van der Waals surface area contributed by atoms with Crippen molar-refractivity contribution in [2.24, 2.45) is 0 Å². The topological polar surface area (TPSA) is 70.4 Å². The van der Waals surface area contributed by atoms with Gasteiger partial charge in [-0.2, -0.15) is 5.26 Å². The molecule has 0 N–H and O–H groups in total. The molecule has 1 aromatic rings. The van der Waals surface area contributed by atoms with E-state index in [-0.39, 0.29) is 5.91 Å². The second-order valence-corrected chi connectivity index (χ2v) is 4.69. The summed E-state index contributed by atoms with van der Waals surface area (Å²) in [5.74, 6) is -1.62. The van der Waals surface area contributed by atoms with Gasteiger partial charge in [0.25, 0.3) is 0 Å². The molecule has 5 heteroatoms. The van der Waals surface area contributed by atoms with E-state index < -0.39 is 17.9 Å². The molecular weight excluding hydrogens is 256 g/mol. The highest BCUT2D eigenvalue weighted by Crippen LogP contribution is 2.25. The second kappa shape index (κ2) is 6.20. The number of benzene rings is 1. The molecule has 1 fully saturated rings. The summed E-state index contributed by atoms with van der Waals surface area (Å²) >= 11 is 0. The molecule has 0 saturated carbocycles. The molecule has 0 spiro atoms. The first-order valence-electron chi connectivity index (χ1n) is 6.52. The molecule has 1 amide bonds. The lowest BCUT2D eigenvalue weighted by molar-refractivity contribution is -0.151. The van der Waals surface area contributed by atoms with Gasteiger partial charge >= 0.3 is 5.97 Å². The first-order valence-corrected chi connectivity index (χ1v) is 6.52. The van der Waals surface area contributed by atoms with Crippen molar-refractivity contribution in [1.82, 2.24) is 4.90 Å². The van der Waals surface area contributed by atoms with Crippen LogP contribution in [0.1, 0.15) is 24.3 Å². The molecule has 1 saturated heterocycles. The van der Waals surface area contributed by atoms with Crippen LogP contribution in [0.4, 0.5) is 0 Å². The molecule has 0 bridgehead atoms. The Morgan fingerprint density at radius 1 is 1.40 bits per heavy atom. The predicted octanol–water partition coefficient (Wildman–Crippen LogP) is 1.46. The summed E-state index contributed by atoms with van der Waals surface area (Å²) in [4.78, 5) is 25.6. The highest BCUT2D eigenvalue weighted by atomic mass is 16.5. The predicted molar refractivity (Wildman–Crippen MR) is 71.5 cm³/mol. The Bertz CT molecular complexity index is 536. The largest absolute Gasteiger partial charge is 0.467 e. The van der Waals surface area contributed by atoms with Crippen LogP contribution in [0, 0.1) is 11.3 Å². The fourth-order valence-corrected chi connectivity index (χ4v) is 2.50. The third kappa shape index (κ3) is 2.64. The zero-order chi connectivity index (χ0) is 14.5. The number of carbonyl (C=O) groups is 2. The third-order valence-corrected chi connectivity index (χ3v) is 3.52. The molecular formula is C15H16N2O3. The van der Waals surface area contributed by atoms with E-state index in [1.807, 2.05) is 12.1 Å². The molecule has 1 aliphatic heterocycles. The Kier molecular flexibility index (Phi) is 4.36. The monoisotopic (exact) mass is 272 g/mol. The van der Waals surface area contributed by atoms with Crippen LogP contribution in [0.2, 0.25) is 0 Å². The zero-order valence-electron chi connectivity index (χ0n) is 11.3. The van der Waals surface area contributed by atoms with Crippen molar-refractivity contribution in [2.75, 3.05) is 13.7 Å². The third-order valence-electron chi connectivity index (χ3n) is 3.52. The van der Waals surface area contributed by atoms with Crippen molar-refractivity contribution in [1.29, 1.82) is 5.26 Å². The molecule has 1 heterocycles. The van der Waals surface area contributed by atoms with Crippen LogP contribution in [-0.2, 0) is 14.3 Å². The number of amides is 1. The molecule has 104 valence electrons. The number of ether oxygens (including phenoxy) is 1. The van der Waals surface area contributed by atoms with E-state index in [9.17, 15) is 14.9 Å². The Morgan fingerprint density at radius 2 is 2.10 bits per heavy atom. The highest BCUT2D eigenvalue weighted by Gasteiger charge is 2.38. The number of hydrogen-bond acceptors (Lipinski definition) is 4. The summed E-state index contributed by atoms with van der Waals surface area (Å²) in [6, 6.07) is 10.4. The quantitative estimate of drug-likeness (QED) is 0.781. The number of hydrogen-bond donors (Lipinski definition) is 0. The molecule has 1 aliphatic rings. The number of rotatable bonds is 3. The van der Waals surface area contributed by atoms with Gasteiger partial charge in [0.15, 0.2) is 0 Å². The SMILES string of the molecule is COC(=O)[C@@H]1CCCN1C(=O)C(C#N)c1ccccc1. The smallest absolute Gasteiger partial charge is 0.328 e. The number of methoxy groups -OCH3 is 1. The molecule has 20 heavy (non-hydrogen) atoms. The lowest BCUT2D eigenvalue weighted by Gasteiger charge is -2.24. The van der Waals surface area contributed by atoms with E-state index in [2.05, 4.69) is 0 Å². The highest BCUT2D eigenvalue weighted by molar-refractivity contribution is 5.91. The number of nitrogens with zero attached hydrogens (tertiary/aromatic N) is 2. The van der Waals surface area contributed by atoms with Gasteiger partial charge in [-0.05, 0) is 18.4 Å². The Hall–Kier alpha value is -2.35. The average molecular weight is 272 g/mol. The maximum atomic E-state index is 12.5. The van der Waals surface area contributed by atoms with Crippen molar-refractivity contribution in [2.45, 2.75) is 24.8 Å². The summed E-state index contributed by atoms with van der Waals surface area (Å²) in [6.07, 6.45) is 1.34. The van der Waals surface area contributed by atoms with Gasteiger partial charge in [-0.25, -0.2) is 4.79 Å². The van der Waals surface area contributed by atoms with Crippen LogP contribution in [0.3, 0.4) is 0 Å². The van der Waals surface area contributed by atoms with Gasteiger partial charge in [0.05, 0.1) is 13.2 Å². The van der Waals surface area contributed by atoms with Gasteiger partial charge in [-0.3, -0.25) is 4.79 Å². The minimum absolute atomic E-state index is 0.327. The van der Waals surface area contributed by atoms with Crippen LogP contribution >= 0.6 is 0 Å². The molecule has 0 radical (unpaired) electrons. The summed E-state index contributed by atoms with van der Waals surface area (Å²) in [5, 5.41) is 9.28. The van der Waals surface area contributed by atoms with E-state index in [4.69, 9.17) is 4.74 Å². The number of likely N-dealkylation sites (tertiary alicyclic amines) is 1. The standard InChI is InChI=1S/C15H16N2O3/c1-20-15(19)13-8-5-9-17(13)14(18)12(10-16)11-6-3-2-4-7-11/h2-4,6-7,12-13H,5,8-9H2,1H3/t12?,13-/m0/s1. The van der Waals surface area contributed by atoms with Gasteiger partial charge in [-0.15, -0.1) is 0 Å². The fraction of sp³-hybridized carbons (Fsp3) is 0.400. The minimum atomic E-state index is -0.874. The number of carbonyl (C=O) groups excluding carboxylic acids is 2. The Balaban J connectivity index is 2.21. The van der Waals surface area contributed by atoms with Gasteiger partial charge in [-0.1, -0.05) is 30.3 Å². The number of nitriles is 1. The van der Waals surface area contributed by atoms with Gasteiger partial charge < -0.3 is 9.64 Å². The van der Waals surface area contributed by atoms with Crippen LogP contribution < -0.4 is 0 Å². The van der Waals surface area contributed by atoms with Crippen molar-refractivity contribution in [3.8, 4) is 6.07 Å².